The highest BCUT2D eigenvalue weighted by Crippen LogP contribution is 2.27. The number of imidazole rings is 1. The van der Waals surface area contributed by atoms with Gasteiger partial charge in [-0.25, -0.2) is 23.9 Å². The standard InChI is InChI=1S/C24H29FN6O.C5H11NO2/c25-21-9-8-18(28-24(32)30-10-4-5-11-30)12-20(21)22-16-31-15-19(14-27-23(31)29-22)26-13-17-6-2-1-3-7-17;1-5(2,3)8-4(6)7/h8-9,12,14-17,26H,1-7,10-11,13H2,(H,28,32);1-3H3,(H2,6,7). The molecule has 11 heteroatoms. The summed E-state index contributed by atoms with van der Waals surface area (Å²) in [5.41, 5.74) is 6.57. The lowest BCUT2D eigenvalue weighted by molar-refractivity contribution is 0.0600. The zero-order valence-electron chi connectivity index (χ0n) is 23.6. The van der Waals surface area contributed by atoms with Crippen LogP contribution in [0.15, 0.2) is 36.8 Å². The van der Waals surface area contributed by atoms with Gasteiger partial charge in [0.25, 0.3) is 0 Å². The van der Waals surface area contributed by atoms with E-state index in [-0.39, 0.29) is 11.8 Å². The number of rotatable bonds is 5. The van der Waals surface area contributed by atoms with E-state index in [1.807, 2.05) is 10.6 Å². The first-order valence-electron chi connectivity index (χ1n) is 14.0. The highest BCUT2D eigenvalue weighted by atomic mass is 19.1. The number of benzene rings is 1. The molecule has 1 aliphatic heterocycles. The molecule has 1 saturated heterocycles. The minimum Gasteiger partial charge on any atom is -0.444 e. The van der Waals surface area contributed by atoms with Gasteiger partial charge in [0, 0.05) is 43.3 Å². The molecular weight excluding hydrogens is 513 g/mol. The maximum atomic E-state index is 14.6. The summed E-state index contributed by atoms with van der Waals surface area (Å²) in [4.78, 5) is 33.1. The van der Waals surface area contributed by atoms with Crippen LogP contribution in [0.5, 0.6) is 0 Å². The molecular formula is C29H40FN7O3. The van der Waals surface area contributed by atoms with Gasteiger partial charge >= 0.3 is 12.1 Å². The smallest absolute Gasteiger partial charge is 0.405 e. The van der Waals surface area contributed by atoms with E-state index in [2.05, 4.69) is 25.3 Å². The third-order valence-electron chi connectivity index (χ3n) is 6.92. The maximum absolute atomic E-state index is 14.6. The van der Waals surface area contributed by atoms with Crippen LogP contribution in [0.25, 0.3) is 17.0 Å². The molecule has 0 atom stereocenters. The Kier molecular flexibility index (Phi) is 9.44. The molecule has 4 N–H and O–H groups in total. The highest BCUT2D eigenvalue weighted by Gasteiger charge is 2.19. The third kappa shape index (κ3) is 8.30. The number of hydrogen-bond acceptors (Lipinski definition) is 6. The molecule has 0 bridgehead atoms. The van der Waals surface area contributed by atoms with E-state index in [4.69, 9.17) is 5.73 Å². The summed E-state index contributed by atoms with van der Waals surface area (Å²) in [7, 11) is 0. The van der Waals surface area contributed by atoms with Gasteiger partial charge in [-0.3, -0.25) is 4.40 Å². The summed E-state index contributed by atoms with van der Waals surface area (Å²) >= 11 is 0. The summed E-state index contributed by atoms with van der Waals surface area (Å²) in [5.74, 6) is 0.836. The van der Waals surface area contributed by atoms with Crippen LogP contribution in [0, 0.1) is 11.7 Å². The second-order valence-electron chi connectivity index (χ2n) is 11.4. The van der Waals surface area contributed by atoms with Crippen LogP contribution in [-0.2, 0) is 4.74 Å². The van der Waals surface area contributed by atoms with Crippen molar-refractivity contribution >= 4 is 29.3 Å². The van der Waals surface area contributed by atoms with Gasteiger partial charge in [-0.05, 0) is 70.6 Å². The molecule has 2 fully saturated rings. The molecule has 5 rings (SSSR count). The lowest BCUT2D eigenvalue weighted by Crippen LogP contribution is -2.32. The van der Waals surface area contributed by atoms with Gasteiger partial charge in [-0.1, -0.05) is 19.3 Å². The van der Waals surface area contributed by atoms with Gasteiger partial charge in [0.15, 0.2) is 0 Å². The van der Waals surface area contributed by atoms with Crippen molar-refractivity contribution < 1.29 is 18.7 Å². The second kappa shape index (κ2) is 13.0. The zero-order chi connectivity index (χ0) is 28.7. The molecule has 2 aliphatic rings. The Bertz CT molecular complexity index is 1310. The number of fused-ring (bicyclic) bond motifs is 1. The van der Waals surface area contributed by atoms with Gasteiger partial charge < -0.3 is 26.0 Å². The first kappa shape index (κ1) is 29.1. The van der Waals surface area contributed by atoms with E-state index in [0.717, 1.165) is 38.2 Å². The fourth-order valence-corrected chi connectivity index (χ4v) is 4.98. The number of urea groups is 1. The van der Waals surface area contributed by atoms with E-state index in [0.29, 0.717) is 28.6 Å². The van der Waals surface area contributed by atoms with Gasteiger partial charge in [0.1, 0.15) is 11.4 Å². The van der Waals surface area contributed by atoms with Crippen molar-refractivity contribution in [1.29, 1.82) is 0 Å². The van der Waals surface area contributed by atoms with Crippen LogP contribution in [0.3, 0.4) is 0 Å². The van der Waals surface area contributed by atoms with Gasteiger partial charge in [0.05, 0.1) is 17.6 Å². The lowest BCUT2D eigenvalue weighted by atomic mass is 9.89. The second-order valence-corrected chi connectivity index (χ2v) is 11.4. The van der Waals surface area contributed by atoms with Gasteiger partial charge in [-0.2, -0.15) is 0 Å². The fraction of sp³-hybridized carbons (Fsp3) is 0.517. The molecule has 0 radical (unpaired) electrons. The van der Waals surface area contributed by atoms with Crippen LogP contribution in [-0.4, -0.2) is 56.6 Å². The van der Waals surface area contributed by atoms with Crippen LogP contribution < -0.4 is 16.4 Å². The molecule has 3 aromatic rings. The minimum atomic E-state index is -0.725. The van der Waals surface area contributed by atoms with E-state index >= 15 is 0 Å². The summed E-state index contributed by atoms with van der Waals surface area (Å²) in [6, 6.07) is 4.43. The molecule has 1 aromatic carbocycles. The summed E-state index contributed by atoms with van der Waals surface area (Å²) in [5, 5.41) is 6.36. The molecule has 216 valence electrons. The average Bonchev–Trinajstić information content (AvgIpc) is 3.58. The Balaban J connectivity index is 0.000000406. The van der Waals surface area contributed by atoms with Crippen LogP contribution in [0.1, 0.15) is 65.7 Å². The first-order chi connectivity index (χ1) is 19.1. The monoisotopic (exact) mass is 553 g/mol. The summed E-state index contributed by atoms with van der Waals surface area (Å²) < 4.78 is 21.0. The van der Waals surface area contributed by atoms with E-state index in [9.17, 15) is 14.0 Å². The number of ether oxygens (including phenoxy) is 1. The molecule has 0 spiro atoms. The molecule has 40 heavy (non-hydrogen) atoms. The van der Waals surface area contributed by atoms with Crippen molar-refractivity contribution in [1.82, 2.24) is 19.3 Å². The SMILES string of the molecule is CC(C)(C)OC(N)=O.O=C(Nc1ccc(F)c(-c2cn3cc(NCC4CCCCC4)cnc3n2)c1)N1CCCC1. The van der Waals surface area contributed by atoms with Crippen molar-refractivity contribution in [2.45, 2.75) is 71.3 Å². The minimum absolute atomic E-state index is 0.148. The van der Waals surface area contributed by atoms with Crippen LogP contribution in [0.4, 0.5) is 25.4 Å². The van der Waals surface area contributed by atoms with E-state index in [1.165, 1.54) is 38.2 Å². The topological polar surface area (TPSA) is 127 Å². The zero-order valence-corrected chi connectivity index (χ0v) is 23.6. The number of nitrogens with zero attached hydrogens (tertiary/aromatic N) is 4. The predicted octanol–water partition coefficient (Wildman–Crippen LogP) is 6.04. The average molecular weight is 554 g/mol. The van der Waals surface area contributed by atoms with Crippen molar-refractivity contribution in [2.75, 3.05) is 30.3 Å². The maximum Gasteiger partial charge on any atom is 0.405 e. The van der Waals surface area contributed by atoms with E-state index in [1.54, 1.807) is 50.2 Å². The lowest BCUT2D eigenvalue weighted by Gasteiger charge is -2.22. The number of amides is 3. The molecule has 3 heterocycles. The van der Waals surface area contributed by atoms with Crippen molar-refractivity contribution in [2.24, 2.45) is 11.7 Å². The summed E-state index contributed by atoms with van der Waals surface area (Å²) in [6.45, 7) is 7.75. The van der Waals surface area contributed by atoms with Crippen molar-refractivity contribution in [3.05, 3.63) is 42.6 Å². The number of aromatic nitrogens is 3. The number of carbonyl (C=O) groups is 2. The Hall–Kier alpha value is -3.89. The quantitative estimate of drug-likeness (QED) is 0.354. The van der Waals surface area contributed by atoms with Crippen LogP contribution in [0.2, 0.25) is 0 Å². The van der Waals surface area contributed by atoms with Gasteiger partial charge in [-0.15, -0.1) is 0 Å². The van der Waals surface area contributed by atoms with Crippen molar-refractivity contribution in [3.8, 4) is 11.3 Å². The number of likely N-dealkylation sites (tertiary alicyclic amines) is 1. The molecule has 10 nitrogen and oxygen atoms in total. The number of primary amides is 1. The third-order valence-corrected chi connectivity index (χ3v) is 6.92. The Morgan fingerprint density at radius 3 is 2.45 bits per heavy atom. The van der Waals surface area contributed by atoms with E-state index < -0.39 is 11.7 Å². The normalized spacial score (nSPS) is 15.8. The fourth-order valence-electron chi connectivity index (χ4n) is 4.98. The highest BCUT2D eigenvalue weighted by molar-refractivity contribution is 5.90. The summed E-state index contributed by atoms with van der Waals surface area (Å²) in [6.07, 6.45) is 13.4. The number of nitrogens with one attached hydrogen (secondary N) is 2. The molecule has 3 amide bonds. The largest absolute Gasteiger partial charge is 0.444 e. The molecule has 2 aromatic heterocycles. The number of halogens is 1. The number of carbonyl (C=O) groups excluding carboxylic acids is 2. The first-order valence-corrected chi connectivity index (χ1v) is 14.0. The van der Waals surface area contributed by atoms with Crippen molar-refractivity contribution in [3.63, 3.8) is 0 Å². The number of hydrogen-bond donors (Lipinski definition) is 3. The Morgan fingerprint density at radius 2 is 1.80 bits per heavy atom. The molecule has 1 aliphatic carbocycles. The van der Waals surface area contributed by atoms with Crippen LogP contribution >= 0.6 is 0 Å². The number of nitrogens with two attached hydrogens (primary N) is 1. The predicted molar refractivity (Wildman–Crippen MR) is 154 cm³/mol. The molecule has 0 unspecified atom stereocenters. The van der Waals surface area contributed by atoms with Gasteiger partial charge in [0.2, 0.25) is 5.78 Å². The Labute approximate surface area is 234 Å². The Morgan fingerprint density at radius 1 is 1.07 bits per heavy atom. The number of anilines is 2. The molecule has 1 saturated carbocycles.